The molecule has 2 heterocycles. The van der Waals surface area contributed by atoms with Crippen molar-refractivity contribution in [2.75, 3.05) is 0 Å². The van der Waals surface area contributed by atoms with Crippen LogP contribution in [0, 0.1) is 0 Å². The fraction of sp³-hybridized carbons (Fsp3) is 0. The SMILES string of the molecule is c1ccc(-c2ccc(-c3c4ccccc4c(-c4cccc5c4[se]c4ccc(-c6c7ccccc7c(-c7ccccc7)c7ccccc67)cc45)c4ccccc34)c3ccccc23)cc1.c1ccc(-c2cccc(-c3c4ccccc4c(-c4cccc5c4[se]c4ccc(-c6c7ccccc7c(-c7ccccc7)c7ccccc67)cc45)c4ccccc34)c2)cc1. The molecule has 2 heteroatoms. The molecule has 566 valence electrons. The van der Waals surface area contributed by atoms with Crippen LogP contribution in [0.1, 0.15) is 0 Å². The first-order valence-electron chi connectivity index (χ1n) is 42.1. The predicted octanol–water partition coefficient (Wildman–Crippen LogP) is 33.1. The molecule has 0 saturated carbocycles. The van der Waals surface area contributed by atoms with E-state index in [0.29, 0.717) is 0 Å². The van der Waals surface area contributed by atoms with Crippen LogP contribution in [0.15, 0.2) is 449 Å². The summed E-state index contributed by atoms with van der Waals surface area (Å²) in [4.78, 5) is 0. The van der Waals surface area contributed by atoms with Crippen LogP contribution in [0.5, 0.6) is 0 Å². The molecule has 25 rings (SSSR count). The quantitative estimate of drug-likeness (QED) is 0.0946. The minimum absolute atomic E-state index is 0.130. The average Bonchev–Trinajstić information content (AvgIpc) is 1.60. The Kier molecular flexibility index (Phi) is 17.4. The number of fused-ring (bicyclic) bond motifs is 15. The molecule has 0 bridgehead atoms. The summed E-state index contributed by atoms with van der Waals surface area (Å²) in [6.07, 6.45) is 0. The van der Waals surface area contributed by atoms with Gasteiger partial charge in [0.25, 0.3) is 0 Å². The number of benzene rings is 23. The molecular weight excluding hydrogens is 1600 g/mol. The van der Waals surface area contributed by atoms with E-state index >= 15 is 0 Å². The van der Waals surface area contributed by atoms with Crippen LogP contribution in [0.25, 0.3) is 247 Å². The number of hydrogen-bond donors (Lipinski definition) is 0. The molecule has 0 unspecified atom stereocenters. The summed E-state index contributed by atoms with van der Waals surface area (Å²) < 4.78 is 5.82. The van der Waals surface area contributed by atoms with Gasteiger partial charge in [-0.1, -0.05) is 24.3 Å². The molecule has 0 atom stereocenters. The van der Waals surface area contributed by atoms with Gasteiger partial charge in [0.15, 0.2) is 0 Å². The zero-order valence-corrected chi connectivity index (χ0v) is 70.0. The van der Waals surface area contributed by atoms with Gasteiger partial charge >= 0.3 is 700 Å². The van der Waals surface area contributed by atoms with Crippen LogP contribution in [-0.2, 0) is 0 Å². The van der Waals surface area contributed by atoms with Gasteiger partial charge in [0.2, 0.25) is 0 Å². The molecule has 0 N–H and O–H groups in total. The van der Waals surface area contributed by atoms with Crippen molar-refractivity contribution in [3.63, 3.8) is 0 Å². The van der Waals surface area contributed by atoms with Gasteiger partial charge in [-0.15, -0.1) is 0 Å². The number of hydrogen-bond acceptors (Lipinski definition) is 0. The van der Waals surface area contributed by atoms with Crippen LogP contribution in [0.2, 0.25) is 0 Å². The van der Waals surface area contributed by atoms with Crippen molar-refractivity contribution in [1.82, 2.24) is 0 Å². The number of rotatable bonds is 10. The van der Waals surface area contributed by atoms with Gasteiger partial charge in [-0.05, 0) is 0 Å². The van der Waals surface area contributed by atoms with Crippen molar-refractivity contribution in [1.29, 1.82) is 0 Å². The van der Waals surface area contributed by atoms with E-state index in [4.69, 9.17) is 0 Å². The molecule has 0 amide bonds. The Hall–Kier alpha value is -14.6. The first-order valence-corrected chi connectivity index (χ1v) is 45.5. The van der Waals surface area contributed by atoms with Gasteiger partial charge in [-0.25, -0.2) is 0 Å². The van der Waals surface area contributed by atoms with E-state index in [0.717, 1.165) is 0 Å². The van der Waals surface area contributed by atoms with Crippen LogP contribution in [0.4, 0.5) is 0 Å². The Morgan fingerprint density at radius 3 is 0.680 bits per heavy atom. The zero-order chi connectivity index (χ0) is 80.3. The van der Waals surface area contributed by atoms with Crippen LogP contribution in [0.3, 0.4) is 0 Å². The maximum atomic E-state index is 2.49. The third-order valence-electron chi connectivity index (χ3n) is 25.5. The van der Waals surface area contributed by atoms with Crippen molar-refractivity contribution in [2.45, 2.75) is 0 Å². The van der Waals surface area contributed by atoms with Gasteiger partial charge in [0.05, 0.1) is 0 Å². The summed E-state index contributed by atoms with van der Waals surface area (Å²) in [5, 5.41) is 28.6. The summed E-state index contributed by atoms with van der Waals surface area (Å²) in [5.41, 5.74) is 25.6. The molecule has 0 radical (unpaired) electrons. The molecular formula is C120H74Se2. The molecule has 0 spiro atoms. The van der Waals surface area contributed by atoms with E-state index in [1.807, 2.05) is 0 Å². The molecule has 0 saturated heterocycles. The molecule has 23 aromatic carbocycles. The third-order valence-corrected chi connectivity index (χ3v) is 30.6. The Labute approximate surface area is 718 Å². The standard InChI is InChI=1S/C62H38Se.C58H36Se/c1-3-18-39(19-4-1)42-35-36-53(44-23-8-7-22-43(42)44)60-49-28-13-15-30-51(49)61(52-31-16-14-29-50(52)60)55-33-17-32-54-56-38-41(34-37-57(56)63-62(54)55)59-47-26-11-9-24-45(47)58(40-20-5-2-6-21-40)46-25-10-12-27-48(46)59;1-3-17-37(18-4-1)39-21-15-22-40(35-39)55-46-27-11-13-29-48(46)57(49-30-14-12-28-47(49)55)51-32-16-31-50-52-36-41(33-34-53(52)59-58(50)51)56-44-25-9-7-23-42(44)54(38-19-5-2-6-20-38)43-24-8-10-26-45(43)56/h1-38H;1-36H. The summed E-state index contributed by atoms with van der Waals surface area (Å²) >= 11 is 0.275. The summed E-state index contributed by atoms with van der Waals surface area (Å²) in [6.45, 7) is 0. The summed E-state index contributed by atoms with van der Waals surface area (Å²) in [7, 11) is 0. The monoisotopic (exact) mass is 1670 g/mol. The van der Waals surface area contributed by atoms with Gasteiger partial charge in [-0.3, -0.25) is 0 Å². The van der Waals surface area contributed by atoms with Gasteiger partial charge < -0.3 is 0 Å². The molecule has 2 aromatic heterocycles. The third kappa shape index (κ3) is 11.7. The Balaban J connectivity index is 0.000000138. The van der Waals surface area contributed by atoms with E-state index in [9.17, 15) is 0 Å². The van der Waals surface area contributed by atoms with Crippen molar-refractivity contribution in [3.8, 4) is 111 Å². The molecule has 25 aromatic rings. The molecule has 0 fully saturated rings. The summed E-state index contributed by atoms with van der Waals surface area (Å²) in [6, 6.07) is 167. The van der Waals surface area contributed by atoms with E-state index in [1.165, 1.54) is 247 Å². The van der Waals surface area contributed by atoms with Gasteiger partial charge in [-0.2, -0.15) is 0 Å². The Morgan fingerprint density at radius 1 is 0.107 bits per heavy atom. The zero-order valence-electron chi connectivity index (χ0n) is 66.5. The fourth-order valence-corrected chi connectivity index (χ4v) is 25.4. The fourth-order valence-electron chi connectivity index (χ4n) is 20.3. The minimum atomic E-state index is 0.130. The molecule has 0 aliphatic heterocycles. The van der Waals surface area contributed by atoms with Crippen molar-refractivity contribution in [3.05, 3.63) is 449 Å². The van der Waals surface area contributed by atoms with Gasteiger partial charge in [0.1, 0.15) is 0 Å². The topological polar surface area (TPSA) is 0 Å². The Morgan fingerprint density at radius 2 is 0.336 bits per heavy atom. The van der Waals surface area contributed by atoms with E-state index in [-0.39, 0.29) is 29.0 Å². The molecule has 122 heavy (non-hydrogen) atoms. The first-order chi connectivity index (χ1) is 60.6. The Bertz CT molecular complexity index is 8320. The first kappa shape index (κ1) is 71.5. The van der Waals surface area contributed by atoms with E-state index in [1.54, 1.807) is 0 Å². The summed E-state index contributed by atoms with van der Waals surface area (Å²) in [5.74, 6) is 0. The van der Waals surface area contributed by atoms with Crippen molar-refractivity contribution < 1.29 is 0 Å². The molecule has 0 aliphatic carbocycles. The normalized spacial score (nSPS) is 11.8. The average molecular weight is 1670 g/mol. The van der Waals surface area contributed by atoms with E-state index in [2.05, 4.69) is 449 Å². The maximum absolute atomic E-state index is 2.49. The van der Waals surface area contributed by atoms with Gasteiger partial charge in [0, 0.05) is 0 Å². The van der Waals surface area contributed by atoms with Crippen LogP contribution in [-0.4, -0.2) is 29.0 Å². The van der Waals surface area contributed by atoms with Crippen molar-refractivity contribution >= 4 is 165 Å². The molecule has 0 nitrogen and oxygen atoms in total. The van der Waals surface area contributed by atoms with Crippen LogP contribution < -0.4 is 0 Å². The van der Waals surface area contributed by atoms with E-state index < -0.39 is 0 Å². The second-order valence-corrected chi connectivity index (χ2v) is 36.5. The molecule has 0 aliphatic rings. The van der Waals surface area contributed by atoms with Crippen molar-refractivity contribution in [2.24, 2.45) is 0 Å². The predicted molar refractivity (Wildman–Crippen MR) is 529 cm³/mol. The second kappa shape index (κ2) is 29.7. The van der Waals surface area contributed by atoms with Crippen LogP contribution >= 0.6 is 0 Å². The second-order valence-electron chi connectivity index (χ2n) is 32.1.